The monoisotopic (exact) mass is 324 g/mol. The molecule has 0 fully saturated rings. The van der Waals surface area contributed by atoms with Crippen LogP contribution in [0.15, 0.2) is 35.9 Å². The predicted molar refractivity (Wildman–Crippen MR) is 57.7 cm³/mol. The SMILES string of the molecule is CC1=CC(=O)c2ccccc2C1=O.FF.FF.FF.FF. The Labute approximate surface area is 113 Å². The first-order valence-electron chi connectivity index (χ1n) is 4.63. The third-order valence-electron chi connectivity index (χ3n) is 2.14. The lowest BCUT2D eigenvalue weighted by Gasteiger charge is -2.11. The second-order valence-electron chi connectivity index (χ2n) is 3.07. The first kappa shape index (κ1) is 23.8. The van der Waals surface area contributed by atoms with Crippen molar-refractivity contribution in [3.05, 3.63) is 47.0 Å². The molecule has 120 valence electrons. The minimum absolute atomic E-state index is 0.0461. The second kappa shape index (κ2) is 15.8. The summed E-state index contributed by atoms with van der Waals surface area (Å²) in [7, 11) is 0. The van der Waals surface area contributed by atoms with Crippen LogP contribution in [0.2, 0.25) is 0 Å². The fourth-order valence-corrected chi connectivity index (χ4v) is 1.45. The molecular formula is C11H8F8O2. The fourth-order valence-electron chi connectivity index (χ4n) is 1.45. The molecule has 0 amide bonds. The maximum absolute atomic E-state index is 11.5. The first-order valence-corrected chi connectivity index (χ1v) is 4.63. The van der Waals surface area contributed by atoms with E-state index >= 15 is 0 Å². The highest BCUT2D eigenvalue weighted by molar-refractivity contribution is 6.24. The Morgan fingerprint density at radius 3 is 1.52 bits per heavy atom. The molecule has 1 aromatic carbocycles. The highest BCUT2D eigenvalue weighted by Gasteiger charge is 2.21. The van der Waals surface area contributed by atoms with Crippen LogP contribution in [0.4, 0.5) is 36.6 Å². The molecule has 0 bridgehead atoms. The molecule has 0 saturated heterocycles. The third kappa shape index (κ3) is 7.18. The zero-order valence-electron chi connectivity index (χ0n) is 10.2. The lowest BCUT2D eigenvalue weighted by molar-refractivity contribution is 0.0984. The number of carbonyl (C=O) groups excluding carboxylic acids is 2. The summed E-state index contributed by atoms with van der Waals surface area (Å²) >= 11 is 0. The molecule has 0 aliphatic heterocycles. The van der Waals surface area contributed by atoms with E-state index in [-0.39, 0.29) is 11.6 Å². The number of hydrogen-bond donors (Lipinski definition) is 0. The molecule has 1 aliphatic rings. The average molecular weight is 324 g/mol. The van der Waals surface area contributed by atoms with Crippen LogP contribution < -0.4 is 0 Å². The topological polar surface area (TPSA) is 34.1 Å². The van der Waals surface area contributed by atoms with Gasteiger partial charge in [-0.15, -0.1) is 0 Å². The largest absolute Gasteiger partial charge is 0.289 e. The van der Waals surface area contributed by atoms with Gasteiger partial charge >= 0.3 is 0 Å². The Morgan fingerprint density at radius 2 is 1.10 bits per heavy atom. The van der Waals surface area contributed by atoms with E-state index in [1.165, 1.54) is 6.08 Å². The number of rotatable bonds is 0. The van der Waals surface area contributed by atoms with Gasteiger partial charge in [0.15, 0.2) is 11.6 Å². The fraction of sp³-hybridized carbons (Fsp3) is 0.0909. The van der Waals surface area contributed by atoms with Gasteiger partial charge in [0, 0.05) is 53.3 Å². The van der Waals surface area contributed by atoms with E-state index in [1.54, 1.807) is 31.2 Å². The quantitative estimate of drug-likeness (QED) is 0.601. The summed E-state index contributed by atoms with van der Waals surface area (Å²) < 4.78 is 64.0. The van der Waals surface area contributed by atoms with Crippen molar-refractivity contribution in [3.63, 3.8) is 0 Å². The summed E-state index contributed by atoms with van der Waals surface area (Å²) in [5.74, 6) is -0.122. The molecular weight excluding hydrogens is 316 g/mol. The number of allylic oxidation sites excluding steroid dienone is 2. The molecule has 0 atom stereocenters. The molecule has 0 N–H and O–H groups in total. The van der Waals surface area contributed by atoms with Crippen LogP contribution in [-0.2, 0) is 0 Å². The number of benzene rings is 1. The van der Waals surface area contributed by atoms with Crippen LogP contribution in [0.1, 0.15) is 27.6 Å². The first-order chi connectivity index (χ1) is 10.2. The van der Waals surface area contributed by atoms with E-state index in [0.29, 0.717) is 16.7 Å². The third-order valence-corrected chi connectivity index (χ3v) is 2.14. The van der Waals surface area contributed by atoms with Crippen molar-refractivity contribution in [1.29, 1.82) is 0 Å². The smallest absolute Gasteiger partial charge is 0.189 e. The van der Waals surface area contributed by atoms with E-state index in [0.717, 1.165) is 0 Å². The molecule has 0 aromatic heterocycles. The van der Waals surface area contributed by atoms with Crippen LogP contribution in [0, 0.1) is 0 Å². The van der Waals surface area contributed by atoms with Crippen LogP contribution in [0.5, 0.6) is 0 Å². The van der Waals surface area contributed by atoms with E-state index in [1.807, 2.05) is 0 Å². The summed E-state index contributed by atoms with van der Waals surface area (Å²) in [5, 5.41) is 0. The van der Waals surface area contributed by atoms with Gasteiger partial charge in [-0.05, 0) is 13.0 Å². The van der Waals surface area contributed by atoms with E-state index in [4.69, 9.17) is 36.6 Å². The molecule has 0 saturated carbocycles. The summed E-state index contributed by atoms with van der Waals surface area (Å²) in [6, 6.07) is 6.89. The normalized spacial score (nSPS) is 10.6. The van der Waals surface area contributed by atoms with Crippen molar-refractivity contribution >= 4 is 11.6 Å². The van der Waals surface area contributed by atoms with E-state index in [2.05, 4.69) is 0 Å². The minimum atomic E-state index is -0.0762. The summed E-state index contributed by atoms with van der Waals surface area (Å²) in [6.07, 6.45) is 1.39. The molecule has 0 radical (unpaired) electrons. The van der Waals surface area contributed by atoms with E-state index in [9.17, 15) is 9.59 Å². The number of fused-ring (bicyclic) bond motifs is 1. The van der Waals surface area contributed by atoms with Crippen LogP contribution in [0.25, 0.3) is 0 Å². The average Bonchev–Trinajstić information content (AvgIpc) is 2.60. The summed E-state index contributed by atoms with van der Waals surface area (Å²) in [5.41, 5.74) is 1.55. The highest BCUT2D eigenvalue weighted by Crippen LogP contribution is 2.20. The van der Waals surface area contributed by atoms with Gasteiger partial charge in [0.05, 0.1) is 0 Å². The molecule has 0 spiro atoms. The highest BCUT2D eigenvalue weighted by atomic mass is 20.0. The van der Waals surface area contributed by atoms with E-state index < -0.39 is 0 Å². The van der Waals surface area contributed by atoms with Gasteiger partial charge in [-0.25, -0.2) is 0 Å². The van der Waals surface area contributed by atoms with Gasteiger partial charge in [0.25, 0.3) is 0 Å². The lowest BCUT2D eigenvalue weighted by atomic mass is 9.90. The number of ketones is 2. The van der Waals surface area contributed by atoms with Gasteiger partial charge in [0.1, 0.15) is 0 Å². The van der Waals surface area contributed by atoms with Crippen molar-refractivity contribution < 1.29 is 46.2 Å². The Kier molecular flexibility index (Phi) is 17.9. The molecule has 10 heteroatoms. The minimum Gasteiger partial charge on any atom is -0.289 e. The summed E-state index contributed by atoms with van der Waals surface area (Å²) in [6.45, 7) is 1.66. The van der Waals surface area contributed by atoms with Crippen molar-refractivity contribution in [1.82, 2.24) is 0 Å². The molecule has 21 heavy (non-hydrogen) atoms. The number of Topliss-reactive ketones (excluding diaryl/α,β-unsaturated/α-hetero) is 1. The summed E-state index contributed by atoms with van der Waals surface area (Å²) in [4.78, 5) is 23.0. The molecule has 1 aliphatic carbocycles. The van der Waals surface area contributed by atoms with Gasteiger partial charge < -0.3 is 0 Å². The Hall–Kier alpha value is -2.26. The Morgan fingerprint density at radius 1 is 0.714 bits per heavy atom. The van der Waals surface area contributed by atoms with Gasteiger partial charge in [-0.2, -0.15) is 0 Å². The maximum atomic E-state index is 11.5. The van der Waals surface area contributed by atoms with Crippen LogP contribution in [0.3, 0.4) is 0 Å². The maximum Gasteiger partial charge on any atom is 0.189 e. The molecule has 0 heterocycles. The zero-order valence-corrected chi connectivity index (χ0v) is 10.2. The number of halogens is 8. The number of hydrogen-bond acceptors (Lipinski definition) is 2. The van der Waals surface area contributed by atoms with Gasteiger partial charge in [-0.3, -0.25) is 9.59 Å². The lowest BCUT2D eigenvalue weighted by Crippen LogP contribution is -2.14. The molecule has 1 aromatic rings. The van der Waals surface area contributed by atoms with Crippen LogP contribution >= 0.6 is 0 Å². The van der Waals surface area contributed by atoms with Crippen molar-refractivity contribution in [2.45, 2.75) is 6.92 Å². The van der Waals surface area contributed by atoms with Crippen molar-refractivity contribution in [2.75, 3.05) is 0 Å². The standard InChI is InChI=1S/C11H8O2.4F2/c1-7-6-10(12)8-4-2-3-5-9(8)11(7)13;4*1-2/h2-6H,1H3;;;;. The zero-order chi connectivity index (χ0) is 17.4. The second-order valence-corrected chi connectivity index (χ2v) is 3.07. The molecule has 0 unspecified atom stereocenters. The van der Waals surface area contributed by atoms with Gasteiger partial charge in [0.2, 0.25) is 0 Å². The van der Waals surface area contributed by atoms with Gasteiger partial charge in [-0.1, -0.05) is 24.3 Å². The number of carbonyl (C=O) groups is 2. The van der Waals surface area contributed by atoms with Crippen molar-refractivity contribution in [3.8, 4) is 0 Å². The molecule has 2 rings (SSSR count). The Balaban J connectivity index is -0.000000353. The molecule has 2 nitrogen and oxygen atoms in total. The van der Waals surface area contributed by atoms with Crippen molar-refractivity contribution in [2.24, 2.45) is 0 Å². The Bertz CT molecular complexity index is 448. The van der Waals surface area contributed by atoms with Crippen LogP contribution in [-0.4, -0.2) is 11.6 Å². The predicted octanol–water partition coefficient (Wildman–Crippen LogP) is 5.37.